The Balaban J connectivity index is -0.00000000536. The monoisotopic (exact) mass is 199 g/mol. The summed E-state index contributed by atoms with van der Waals surface area (Å²) in [5.74, 6) is 0. The first kappa shape index (κ1) is 44.0. The van der Waals surface area contributed by atoms with Crippen molar-refractivity contribution in [3.8, 4) is 0 Å². The smallest absolute Gasteiger partial charge is 0.290 e. The molecule has 0 bridgehead atoms. The van der Waals surface area contributed by atoms with Crippen LogP contribution in [0.15, 0.2) is 0 Å². The summed E-state index contributed by atoms with van der Waals surface area (Å²) in [6.45, 7) is -0.250. The first-order chi connectivity index (χ1) is 3.41. The minimum Gasteiger partial charge on any atom is -0.483 e. The van der Waals surface area contributed by atoms with E-state index >= 15 is 0 Å². The molecule has 0 unspecified atom stereocenters. The van der Waals surface area contributed by atoms with Crippen LogP contribution in [0.4, 0.5) is 0 Å². The van der Waals surface area contributed by atoms with Gasteiger partial charge in [0.05, 0.1) is 0 Å². The van der Waals surface area contributed by atoms with Gasteiger partial charge in [-0.3, -0.25) is 4.79 Å². The molecule has 0 aromatic carbocycles. The van der Waals surface area contributed by atoms with E-state index < -0.39 is 0 Å². The van der Waals surface area contributed by atoms with Crippen LogP contribution in [0.1, 0.15) is 7.43 Å². The number of rotatable bonds is 0. The van der Waals surface area contributed by atoms with Gasteiger partial charge < -0.3 is 16.4 Å². The summed E-state index contributed by atoms with van der Waals surface area (Å²) in [4.78, 5) is 8.36. The number of carboxylic acid groups (broad SMARTS) is 1. The third kappa shape index (κ3) is 576. The molecule has 0 aromatic rings. The quantitative estimate of drug-likeness (QED) is 0.340. The summed E-state index contributed by atoms with van der Waals surface area (Å²) >= 11 is 3.53. The van der Waals surface area contributed by atoms with Crippen molar-refractivity contribution in [1.82, 2.24) is 6.15 Å². The summed E-state index contributed by atoms with van der Waals surface area (Å²) in [6, 6.07) is 0. The first-order valence-corrected chi connectivity index (χ1v) is 2.28. The standard InChI is InChI=1S/CH2O2.CH4O.CH4S.CH4.Ar.H3N/c2-1-3;2*1-2;;;/h1H,(H,2,3);2*2H,1H3;1H4;;1H3. The third-order valence-electron chi connectivity index (χ3n) is 0. The summed E-state index contributed by atoms with van der Waals surface area (Å²) in [5.41, 5.74) is 0. The van der Waals surface area contributed by atoms with E-state index in [4.69, 9.17) is 15.0 Å². The van der Waals surface area contributed by atoms with Crippen LogP contribution >= 0.6 is 12.6 Å². The van der Waals surface area contributed by atoms with Gasteiger partial charge in [-0.15, -0.1) is 0 Å². The molecule has 70 valence electrons. The number of carbonyl (C=O) groups is 1. The van der Waals surface area contributed by atoms with Gasteiger partial charge in [0, 0.05) is 44.8 Å². The van der Waals surface area contributed by atoms with Gasteiger partial charge in [0.15, 0.2) is 0 Å². The Morgan fingerprint density at radius 3 is 1.30 bits per heavy atom. The molecule has 0 fully saturated rings. The second-order valence-corrected chi connectivity index (χ2v) is 0.105. The van der Waals surface area contributed by atoms with Gasteiger partial charge in [-0.25, -0.2) is 0 Å². The van der Waals surface area contributed by atoms with Crippen LogP contribution in [0.2, 0.25) is 0 Å². The van der Waals surface area contributed by atoms with Gasteiger partial charge in [0.2, 0.25) is 0 Å². The Hall–Kier alpha value is 1.000. The zero-order valence-electron chi connectivity index (χ0n) is 5.39. The van der Waals surface area contributed by atoms with Gasteiger partial charge in [0.25, 0.3) is 6.47 Å². The van der Waals surface area contributed by atoms with Gasteiger partial charge >= 0.3 is 0 Å². The van der Waals surface area contributed by atoms with E-state index in [0.29, 0.717) is 0 Å². The van der Waals surface area contributed by atoms with Crippen LogP contribution in [0, 0.1) is 37.7 Å². The minimum atomic E-state index is -0.250. The second-order valence-electron chi connectivity index (χ2n) is 0.105. The van der Waals surface area contributed by atoms with Crippen LogP contribution < -0.4 is 6.15 Å². The van der Waals surface area contributed by atoms with Crippen molar-refractivity contribution in [2.75, 3.05) is 13.4 Å². The van der Waals surface area contributed by atoms with Gasteiger partial charge in [0.1, 0.15) is 0 Å². The number of aliphatic hydroxyl groups is 1. The number of hydrogen-bond donors (Lipinski definition) is 4. The molecule has 4 nitrogen and oxygen atoms in total. The average molecular weight is 199 g/mol. The molecule has 0 saturated carbocycles. The van der Waals surface area contributed by atoms with Crippen molar-refractivity contribution in [1.29, 1.82) is 0 Å². The normalized spacial score (nSPS) is 2.40. The molecule has 6 heteroatoms. The summed E-state index contributed by atoms with van der Waals surface area (Å²) in [5, 5.41) is 13.9. The molecule has 0 heterocycles. The fourth-order valence-corrected chi connectivity index (χ4v) is 0. The van der Waals surface area contributed by atoms with Gasteiger partial charge in [-0.05, 0) is 6.26 Å². The van der Waals surface area contributed by atoms with Crippen molar-refractivity contribution in [3.63, 3.8) is 0 Å². The maximum Gasteiger partial charge on any atom is 0.290 e. The topological polar surface area (TPSA) is 92.5 Å². The molecule has 0 rings (SSSR count). The summed E-state index contributed by atoms with van der Waals surface area (Å²) in [6.07, 6.45) is 1.69. The van der Waals surface area contributed by atoms with E-state index in [9.17, 15) is 0 Å². The Morgan fingerprint density at radius 2 is 1.30 bits per heavy atom. The number of hydrogen-bond acceptors (Lipinski definition) is 4. The van der Waals surface area contributed by atoms with Crippen molar-refractivity contribution < 1.29 is 52.7 Å². The molecule has 10 heavy (non-hydrogen) atoms. The second kappa shape index (κ2) is 203. The molecule has 0 amide bonds. The molecule has 0 atom stereocenters. The van der Waals surface area contributed by atoms with Crippen LogP contribution in [-0.4, -0.2) is 30.1 Å². The minimum absolute atomic E-state index is 0. The maximum absolute atomic E-state index is 8.36. The fraction of sp³-hybridized carbons (Fsp3) is 0.750. The molecule has 0 radical (unpaired) electrons. The van der Waals surface area contributed by atoms with Crippen LogP contribution in [0.25, 0.3) is 0 Å². The van der Waals surface area contributed by atoms with Crippen molar-refractivity contribution in [3.05, 3.63) is 0 Å². The van der Waals surface area contributed by atoms with E-state index in [1.165, 1.54) is 0 Å². The fourth-order valence-electron chi connectivity index (χ4n) is 0. The number of aliphatic hydroxyl groups excluding tert-OH is 1. The molecule has 5 N–H and O–H groups in total. The van der Waals surface area contributed by atoms with Crippen LogP contribution in [0.3, 0.4) is 0 Å². The Morgan fingerprint density at radius 1 is 1.30 bits per heavy atom. The van der Waals surface area contributed by atoms with Crippen LogP contribution in [-0.2, 0) is 4.79 Å². The number of thiol groups is 1. The SMILES string of the molecule is C.CO.CS.N.O=CO.[Ar]. The Labute approximate surface area is 98.0 Å². The zero-order valence-corrected chi connectivity index (χ0v) is 6.99. The Kier molecular flexibility index (Phi) is 891. The molecule has 0 spiro atoms. The van der Waals surface area contributed by atoms with E-state index in [-0.39, 0.29) is 57.8 Å². The van der Waals surface area contributed by atoms with E-state index in [0.717, 1.165) is 7.11 Å². The third-order valence-corrected chi connectivity index (χ3v) is 0. The van der Waals surface area contributed by atoms with Crippen LogP contribution in [0.5, 0.6) is 0 Å². The van der Waals surface area contributed by atoms with E-state index in [1.807, 2.05) is 0 Å². The van der Waals surface area contributed by atoms with Gasteiger partial charge in [-0.2, -0.15) is 12.6 Å². The van der Waals surface area contributed by atoms with E-state index in [2.05, 4.69) is 12.6 Å². The zero-order chi connectivity index (χ0) is 6.71. The van der Waals surface area contributed by atoms with Crippen molar-refractivity contribution in [2.45, 2.75) is 7.43 Å². The Bertz CT molecular complexity index is 28.0. The molecule has 0 saturated heterocycles. The molecule has 0 aliphatic heterocycles. The molecular weight excluding hydrogens is 182 g/mol. The summed E-state index contributed by atoms with van der Waals surface area (Å²) in [7, 11) is 1.00. The molecular formula is C4H17ArNO3S. The molecule has 0 aliphatic rings. The van der Waals surface area contributed by atoms with Gasteiger partial charge in [-0.1, -0.05) is 7.43 Å². The largest absolute Gasteiger partial charge is 0.483 e. The molecule has 0 aliphatic carbocycles. The average Bonchev–Trinajstić information content (AvgIpc) is 1.78. The first-order valence-electron chi connectivity index (χ1n) is 1.39. The summed E-state index contributed by atoms with van der Waals surface area (Å²) < 4.78 is 0. The van der Waals surface area contributed by atoms with Crippen molar-refractivity contribution >= 4 is 19.1 Å². The van der Waals surface area contributed by atoms with Crippen molar-refractivity contribution in [2.24, 2.45) is 0 Å². The predicted octanol–water partition coefficient (Wildman–Crippen LogP) is 0.653. The van der Waals surface area contributed by atoms with E-state index in [1.54, 1.807) is 6.26 Å². The predicted molar refractivity (Wildman–Crippen MR) is 43.5 cm³/mol. The maximum atomic E-state index is 8.36. The molecule has 0 aromatic heterocycles.